The molecule has 0 heterocycles. The molecule has 6 atom stereocenters. The van der Waals surface area contributed by atoms with Crippen LogP contribution in [0.5, 0.6) is 0 Å². The van der Waals surface area contributed by atoms with E-state index in [2.05, 4.69) is 62.5 Å². The molecule has 1 rings (SSSR count). The summed E-state index contributed by atoms with van der Waals surface area (Å²) in [5.41, 5.74) is 0. The second kappa shape index (κ2) is 36.5. The van der Waals surface area contributed by atoms with Crippen LogP contribution >= 0.6 is 7.82 Å². The lowest BCUT2D eigenvalue weighted by atomic mass is 9.88. The number of carbonyl (C=O) groups excluding carboxylic acids is 3. The topological polar surface area (TPSA) is 169 Å². The predicted octanol–water partition coefficient (Wildman–Crippen LogP) is 9.98. The molecule has 1 saturated carbocycles. The third-order valence-electron chi connectivity index (χ3n) is 10.9. The van der Waals surface area contributed by atoms with Crippen LogP contribution in [0.1, 0.15) is 162 Å². The number of quaternary nitrogens is 1. The molecule has 1 aliphatic rings. The van der Waals surface area contributed by atoms with Gasteiger partial charge in [0.2, 0.25) is 0 Å². The first-order chi connectivity index (χ1) is 30.2. The number of esters is 2. The van der Waals surface area contributed by atoms with Gasteiger partial charge >= 0.3 is 11.9 Å². The first kappa shape index (κ1) is 58.3. The molecule has 1 aliphatic carbocycles. The maximum atomic E-state index is 12.8. The van der Waals surface area contributed by atoms with E-state index in [0.717, 1.165) is 70.6 Å². The molecule has 13 heteroatoms. The van der Waals surface area contributed by atoms with Crippen LogP contribution in [0.25, 0.3) is 0 Å². The number of phosphoric ester groups is 1. The number of phosphoric acid groups is 1. The summed E-state index contributed by atoms with van der Waals surface area (Å²) in [6.07, 6.45) is 37.2. The van der Waals surface area contributed by atoms with Gasteiger partial charge in [0.15, 0.2) is 6.10 Å². The zero-order chi connectivity index (χ0) is 46.6. The third-order valence-corrected chi connectivity index (χ3v) is 11.9. The minimum absolute atomic E-state index is 0.00507. The Morgan fingerprint density at radius 1 is 0.762 bits per heavy atom. The van der Waals surface area contributed by atoms with Gasteiger partial charge in [-0.15, -0.1) is 0 Å². The van der Waals surface area contributed by atoms with Gasteiger partial charge in [-0.1, -0.05) is 132 Å². The number of rotatable bonds is 39. The van der Waals surface area contributed by atoms with E-state index >= 15 is 0 Å². The number of carbonyl (C=O) groups is 3. The second-order valence-electron chi connectivity index (χ2n) is 17.9. The molecule has 0 bridgehead atoms. The first-order valence-electron chi connectivity index (χ1n) is 24.1. The van der Waals surface area contributed by atoms with Crippen LogP contribution in [0.2, 0.25) is 0 Å². The Hall–Kier alpha value is -2.70. The van der Waals surface area contributed by atoms with Crippen molar-refractivity contribution in [2.45, 2.75) is 180 Å². The van der Waals surface area contributed by atoms with Crippen molar-refractivity contribution in [3.63, 3.8) is 0 Å². The van der Waals surface area contributed by atoms with Crippen molar-refractivity contribution in [3.05, 3.63) is 60.8 Å². The van der Waals surface area contributed by atoms with E-state index in [-0.39, 0.29) is 44.2 Å². The Morgan fingerprint density at radius 3 is 1.94 bits per heavy atom. The van der Waals surface area contributed by atoms with E-state index < -0.39 is 50.6 Å². The molecule has 1 unspecified atom stereocenters. The number of allylic oxidation sites excluding steroid dienone is 9. The summed E-state index contributed by atoms with van der Waals surface area (Å²) in [6, 6.07) is 0. The lowest BCUT2D eigenvalue weighted by Gasteiger charge is -2.28. The average Bonchev–Trinajstić information content (AvgIpc) is 3.50. The highest BCUT2D eigenvalue weighted by Gasteiger charge is 2.39. The molecule has 0 aliphatic heterocycles. The van der Waals surface area contributed by atoms with Crippen molar-refractivity contribution in [1.29, 1.82) is 0 Å². The van der Waals surface area contributed by atoms with Crippen LogP contribution in [0.4, 0.5) is 0 Å². The Kier molecular flexibility index (Phi) is 33.8. The highest BCUT2D eigenvalue weighted by Crippen LogP contribution is 2.38. The van der Waals surface area contributed by atoms with Crippen LogP contribution < -0.4 is 4.89 Å². The Balaban J connectivity index is 2.46. The minimum atomic E-state index is -4.71. The van der Waals surface area contributed by atoms with E-state index in [1.807, 2.05) is 21.1 Å². The second-order valence-corrected chi connectivity index (χ2v) is 19.3. The van der Waals surface area contributed by atoms with Crippen molar-refractivity contribution < 1.29 is 57.1 Å². The molecule has 2 N–H and O–H groups in total. The summed E-state index contributed by atoms with van der Waals surface area (Å²) in [7, 11) is 0.993. The first-order valence-corrected chi connectivity index (χ1v) is 25.6. The molecule has 0 aromatic heterocycles. The number of aliphatic hydroxyl groups excluding tert-OH is 2. The summed E-state index contributed by atoms with van der Waals surface area (Å²) in [5.74, 6) is -1.64. The number of aliphatic hydroxyl groups is 2. The van der Waals surface area contributed by atoms with Gasteiger partial charge in [0.1, 0.15) is 25.5 Å². The van der Waals surface area contributed by atoms with Gasteiger partial charge in [-0.05, 0) is 76.5 Å². The Morgan fingerprint density at radius 2 is 1.32 bits per heavy atom. The molecule has 0 radical (unpaired) electrons. The zero-order valence-corrected chi connectivity index (χ0v) is 40.6. The van der Waals surface area contributed by atoms with Gasteiger partial charge in [-0.2, -0.15) is 0 Å². The van der Waals surface area contributed by atoms with E-state index in [1.165, 1.54) is 25.7 Å². The number of unbranched alkanes of at least 4 members (excludes halogenated alkanes) is 11. The monoisotopic (exact) mass is 908 g/mol. The number of ether oxygens (including phenoxy) is 2. The van der Waals surface area contributed by atoms with Gasteiger partial charge < -0.3 is 38.1 Å². The molecular formula is C50H86NO11P. The minimum Gasteiger partial charge on any atom is -0.756 e. The quantitative estimate of drug-likeness (QED) is 0.0198. The van der Waals surface area contributed by atoms with Crippen molar-refractivity contribution in [2.24, 2.45) is 11.8 Å². The highest BCUT2D eigenvalue weighted by atomic mass is 31.2. The molecule has 0 saturated heterocycles. The maximum absolute atomic E-state index is 12.8. The van der Waals surface area contributed by atoms with Crippen molar-refractivity contribution in [3.8, 4) is 0 Å². The van der Waals surface area contributed by atoms with E-state index in [1.54, 1.807) is 12.2 Å². The summed E-state index contributed by atoms with van der Waals surface area (Å²) in [5, 5.41) is 20.8. The number of likely N-dealkylation sites (N-methyl/N-ethyl adjacent to an activating group) is 1. The van der Waals surface area contributed by atoms with Gasteiger partial charge in [-0.3, -0.25) is 18.9 Å². The summed E-state index contributed by atoms with van der Waals surface area (Å²) in [6.45, 7) is 3.77. The average molecular weight is 908 g/mol. The van der Waals surface area contributed by atoms with Gasteiger partial charge in [0.25, 0.3) is 7.82 Å². The smallest absolute Gasteiger partial charge is 0.306 e. The molecule has 1 fully saturated rings. The SMILES string of the molecule is CCCCC/C=C\C/C=C\C/C=C\C/C=C\CCCCCC(=O)OC[C@H](COP(=O)([O-])OCC[N+](C)(C)C)OC(=O)CCCCCC[C@H]1[C@@H](O)CC(=O)[C@@H]1/C=C/[C@@H](O)CCCCC. The summed E-state index contributed by atoms with van der Waals surface area (Å²) >= 11 is 0. The Labute approximate surface area is 381 Å². The summed E-state index contributed by atoms with van der Waals surface area (Å²) < 4.78 is 33.9. The number of nitrogens with zero attached hydrogens (tertiary/aromatic N) is 1. The van der Waals surface area contributed by atoms with Crippen LogP contribution in [-0.2, 0) is 37.5 Å². The van der Waals surface area contributed by atoms with Crippen LogP contribution in [0, 0.1) is 11.8 Å². The van der Waals surface area contributed by atoms with E-state index in [9.17, 15) is 34.1 Å². The maximum Gasteiger partial charge on any atom is 0.306 e. The Bertz CT molecular complexity index is 1420. The number of hydrogen-bond donors (Lipinski definition) is 2. The number of ketones is 1. The standard InChI is InChI=1S/C50H86NO11P/c1-6-8-10-11-12-13-14-15-16-17-18-19-20-21-22-23-24-25-30-34-49(55)59-41-44(42-61-63(57,58)60-39-38-51(3,4)5)62-50(56)35-31-27-26-29-33-45-46(48(54)40-47(45)53)37-36-43(52)32-28-9-7-2/h12-13,15-16,18-19,21-22,36-37,43-47,52-53H,6-11,14,17,20,23-35,38-42H2,1-5H3/b13-12-,16-15-,19-18-,22-21-,37-36+/t43-,44+,45+,46+,47-/m0/s1. The van der Waals surface area contributed by atoms with Crippen molar-refractivity contribution in [1.82, 2.24) is 0 Å². The number of hydrogen-bond acceptors (Lipinski definition) is 11. The van der Waals surface area contributed by atoms with Crippen molar-refractivity contribution in [2.75, 3.05) is 47.5 Å². The molecule has 0 aromatic rings. The van der Waals surface area contributed by atoms with E-state index in [0.29, 0.717) is 43.1 Å². The van der Waals surface area contributed by atoms with Crippen LogP contribution in [0.15, 0.2) is 60.8 Å². The fourth-order valence-corrected chi connectivity index (χ4v) is 7.80. The van der Waals surface area contributed by atoms with Crippen LogP contribution in [0.3, 0.4) is 0 Å². The summed E-state index contributed by atoms with van der Waals surface area (Å²) in [4.78, 5) is 50.4. The fraction of sp³-hybridized carbons (Fsp3) is 0.740. The molecule has 0 spiro atoms. The predicted molar refractivity (Wildman–Crippen MR) is 250 cm³/mol. The van der Waals surface area contributed by atoms with Gasteiger partial charge in [-0.25, -0.2) is 0 Å². The third kappa shape index (κ3) is 33.4. The fourth-order valence-electron chi connectivity index (χ4n) is 7.07. The molecular weight excluding hydrogens is 822 g/mol. The zero-order valence-electron chi connectivity index (χ0n) is 39.7. The van der Waals surface area contributed by atoms with Crippen LogP contribution in [-0.4, -0.2) is 98.2 Å². The van der Waals surface area contributed by atoms with E-state index in [4.69, 9.17) is 18.5 Å². The lowest BCUT2D eigenvalue weighted by molar-refractivity contribution is -0.870. The van der Waals surface area contributed by atoms with Gasteiger partial charge in [0.05, 0.1) is 40.0 Å². The lowest BCUT2D eigenvalue weighted by Crippen LogP contribution is -2.37. The van der Waals surface area contributed by atoms with Gasteiger partial charge in [0, 0.05) is 25.2 Å². The highest BCUT2D eigenvalue weighted by molar-refractivity contribution is 7.45. The molecule has 0 aromatic carbocycles. The molecule has 362 valence electrons. The molecule has 0 amide bonds. The number of Topliss-reactive ketones (excluding diaryl/α,β-unsaturated/α-hetero) is 1. The molecule has 63 heavy (non-hydrogen) atoms. The normalized spacial score (nSPS) is 19.3. The largest absolute Gasteiger partial charge is 0.756 e. The molecule has 12 nitrogen and oxygen atoms in total. The van der Waals surface area contributed by atoms with Crippen molar-refractivity contribution >= 4 is 25.5 Å².